The van der Waals surface area contributed by atoms with E-state index in [9.17, 15) is 4.79 Å². The third-order valence-electron chi connectivity index (χ3n) is 3.16. The van der Waals surface area contributed by atoms with E-state index in [2.05, 4.69) is 24.3 Å². The Labute approximate surface area is 120 Å². The summed E-state index contributed by atoms with van der Waals surface area (Å²) in [5.74, 6) is 0.924. The molecule has 5 heteroatoms. The van der Waals surface area contributed by atoms with Crippen molar-refractivity contribution in [2.24, 2.45) is 5.92 Å². The third-order valence-corrected chi connectivity index (χ3v) is 3.16. The highest BCUT2D eigenvalue weighted by Crippen LogP contribution is 2.40. The van der Waals surface area contributed by atoms with Crippen LogP contribution in [-0.2, 0) is 11.3 Å². The molecular weight excluding hydrogens is 254 g/mol. The van der Waals surface area contributed by atoms with Crippen molar-refractivity contribution in [3.05, 3.63) is 18.0 Å². The van der Waals surface area contributed by atoms with Gasteiger partial charge in [-0.25, -0.2) is 4.79 Å². The summed E-state index contributed by atoms with van der Waals surface area (Å²) in [4.78, 5) is 11.7. The Morgan fingerprint density at radius 3 is 2.85 bits per heavy atom. The first-order valence-corrected chi connectivity index (χ1v) is 7.27. The Morgan fingerprint density at radius 2 is 2.25 bits per heavy atom. The van der Waals surface area contributed by atoms with Crippen LogP contribution in [0.2, 0.25) is 0 Å². The lowest BCUT2D eigenvalue weighted by Gasteiger charge is -2.19. The van der Waals surface area contributed by atoms with Gasteiger partial charge in [0.25, 0.3) is 0 Å². The Balaban J connectivity index is 1.89. The van der Waals surface area contributed by atoms with E-state index in [1.807, 2.05) is 37.7 Å². The number of amides is 1. The Hall–Kier alpha value is -1.52. The molecule has 1 aromatic rings. The topological polar surface area (TPSA) is 56.2 Å². The van der Waals surface area contributed by atoms with Crippen LogP contribution >= 0.6 is 0 Å². The summed E-state index contributed by atoms with van der Waals surface area (Å²) >= 11 is 0. The van der Waals surface area contributed by atoms with E-state index in [0.717, 1.165) is 13.0 Å². The number of aromatic nitrogens is 2. The molecule has 1 aliphatic carbocycles. The molecule has 0 radical (unpaired) electrons. The molecule has 0 spiro atoms. The van der Waals surface area contributed by atoms with Crippen LogP contribution < -0.4 is 5.32 Å². The number of nitrogens with one attached hydrogen (secondary N) is 1. The molecule has 1 saturated carbocycles. The summed E-state index contributed by atoms with van der Waals surface area (Å²) in [6.07, 6.45) is 2.46. The number of ether oxygens (including phenoxy) is 1. The lowest BCUT2D eigenvalue weighted by Crippen LogP contribution is -2.34. The van der Waals surface area contributed by atoms with E-state index in [1.54, 1.807) is 0 Å². The highest BCUT2D eigenvalue weighted by molar-refractivity contribution is 5.69. The SMILES string of the molecule is CC(C)Cn1nccc1C1CC1NC(=O)OC(C)(C)C. The van der Waals surface area contributed by atoms with Crippen LogP contribution in [0, 0.1) is 5.92 Å². The van der Waals surface area contributed by atoms with Gasteiger partial charge in [-0.05, 0) is 39.2 Å². The second-order valence-corrected chi connectivity index (χ2v) is 6.93. The fourth-order valence-corrected chi connectivity index (χ4v) is 2.30. The number of alkyl carbamates (subject to hydrolysis) is 1. The number of hydrogen-bond acceptors (Lipinski definition) is 3. The van der Waals surface area contributed by atoms with Gasteiger partial charge in [0.2, 0.25) is 0 Å². The van der Waals surface area contributed by atoms with Crippen molar-refractivity contribution in [1.82, 2.24) is 15.1 Å². The van der Waals surface area contributed by atoms with Gasteiger partial charge in [-0.1, -0.05) is 13.8 Å². The molecule has 1 aromatic heterocycles. The van der Waals surface area contributed by atoms with Crippen molar-refractivity contribution in [3.8, 4) is 0 Å². The minimum Gasteiger partial charge on any atom is -0.444 e. The molecule has 2 unspecified atom stereocenters. The zero-order chi connectivity index (χ0) is 14.9. The van der Waals surface area contributed by atoms with Gasteiger partial charge in [-0.3, -0.25) is 4.68 Å². The second-order valence-electron chi connectivity index (χ2n) is 6.93. The van der Waals surface area contributed by atoms with Crippen molar-refractivity contribution in [1.29, 1.82) is 0 Å². The Bertz CT molecular complexity index is 474. The molecule has 1 heterocycles. The van der Waals surface area contributed by atoms with E-state index < -0.39 is 5.60 Å². The van der Waals surface area contributed by atoms with Crippen LogP contribution in [-0.4, -0.2) is 27.5 Å². The maximum absolute atomic E-state index is 11.7. The smallest absolute Gasteiger partial charge is 0.407 e. The molecule has 2 atom stereocenters. The van der Waals surface area contributed by atoms with E-state index in [0.29, 0.717) is 11.8 Å². The molecule has 1 N–H and O–H groups in total. The average Bonchev–Trinajstić information content (AvgIpc) is 2.83. The van der Waals surface area contributed by atoms with Crippen LogP contribution in [0.15, 0.2) is 12.3 Å². The summed E-state index contributed by atoms with van der Waals surface area (Å²) in [6.45, 7) is 10.9. The van der Waals surface area contributed by atoms with Crippen LogP contribution in [0.4, 0.5) is 4.79 Å². The number of nitrogens with zero attached hydrogens (tertiary/aromatic N) is 2. The summed E-state index contributed by atoms with van der Waals surface area (Å²) in [5, 5.41) is 7.29. The first kappa shape index (κ1) is 14.9. The molecule has 20 heavy (non-hydrogen) atoms. The molecule has 112 valence electrons. The van der Waals surface area contributed by atoms with Crippen LogP contribution in [0.5, 0.6) is 0 Å². The van der Waals surface area contributed by atoms with Gasteiger partial charge in [0, 0.05) is 30.4 Å². The summed E-state index contributed by atoms with van der Waals surface area (Å²) in [7, 11) is 0. The number of carbonyl (C=O) groups excluding carboxylic acids is 1. The van der Waals surface area contributed by atoms with Gasteiger partial charge in [0.05, 0.1) is 0 Å². The minimum atomic E-state index is -0.451. The Kier molecular flexibility index (Phi) is 4.06. The van der Waals surface area contributed by atoms with Gasteiger partial charge < -0.3 is 10.1 Å². The minimum absolute atomic E-state index is 0.174. The molecule has 1 aliphatic rings. The van der Waals surface area contributed by atoms with E-state index in [1.165, 1.54) is 5.69 Å². The summed E-state index contributed by atoms with van der Waals surface area (Å²) in [5.41, 5.74) is 0.758. The largest absolute Gasteiger partial charge is 0.444 e. The fraction of sp³-hybridized carbons (Fsp3) is 0.733. The second kappa shape index (κ2) is 5.46. The van der Waals surface area contributed by atoms with Crippen LogP contribution in [0.1, 0.15) is 52.7 Å². The van der Waals surface area contributed by atoms with E-state index in [4.69, 9.17) is 4.74 Å². The third kappa shape index (κ3) is 3.99. The highest BCUT2D eigenvalue weighted by atomic mass is 16.6. The normalized spacial score (nSPS) is 21.9. The lowest BCUT2D eigenvalue weighted by molar-refractivity contribution is 0.0522. The van der Waals surface area contributed by atoms with Crippen molar-refractivity contribution in [3.63, 3.8) is 0 Å². The standard InChI is InChI=1S/C15H25N3O2/c1-10(2)9-18-13(6-7-16-18)11-8-12(11)17-14(19)20-15(3,4)5/h6-7,10-12H,8-9H2,1-5H3,(H,17,19). The molecule has 1 amide bonds. The fourth-order valence-electron chi connectivity index (χ4n) is 2.30. The van der Waals surface area contributed by atoms with Gasteiger partial charge in [0.1, 0.15) is 5.60 Å². The molecule has 0 aliphatic heterocycles. The van der Waals surface area contributed by atoms with Gasteiger partial charge in [0.15, 0.2) is 0 Å². The summed E-state index contributed by atoms with van der Waals surface area (Å²) < 4.78 is 7.32. The number of rotatable bonds is 4. The molecular formula is C15H25N3O2. The van der Waals surface area contributed by atoms with Gasteiger partial charge in [-0.15, -0.1) is 0 Å². The molecule has 5 nitrogen and oxygen atoms in total. The van der Waals surface area contributed by atoms with Crippen LogP contribution in [0.3, 0.4) is 0 Å². The van der Waals surface area contributed by atoms with E-state index in [-0.39, 0.29) is 12.1 Å². The highest BCUT2D eigenvalue weighted by Gasteiger charge is 2.42. The van der Waals surface area contributed by atoms with Crippen molar-refractivity contribution >= 4 is 6.09 Å². The molecule has 2 rings (SSSR count). The number of hydrogen-bond donors (Lipinski definition) is 1. The lowest BCUT2D eigenvalue weighted by atomic mass is 10.2. The predicted octanol–water partition coefficient (Wildman–Crippen LogP) is 2.92. The maximum atomic E-state index is 11.7. The molecule has 0 bridgehead atoms. The first-order valence-electron chi connectivity index (χ1n) is 7.27. The van der Waals surface area contributed by atoms with Crippen molar-refractivity contribution in [2.45, 2.75) is 65.1 Å². The van der Waals surface area contributed by atoms with Crippen molar-refractivity contribution in [2.75, 3.05) is 0 Å². The monoisotopic (exact) mass is 279 g/mol. The average molecular weight is 279 g/mol. The molecule has 1 fully saturated rings. The quantitative estimate of drug-likeness (QED) is 0.922. The zero-order valence-electron chi connectivity index (χ0n) is 13.0. The predicted molar refractivity (Wildman–Crippen MR) is 77.6 cm³/mol. The number of carbonyl (C=O) groups is 1. The van der Waals surface area contributed by atoms with Crippen LogP contribution in [0.25, 0.3) is 0 Å². The first-order chi connectivity index (χ1) is 9.26. The summed E-state index contributed by atoms with van der Waals surface area (Å²) in [6, 6.07) is 2.22. The molecule has 0 saturated heterocycles. The van der Waals surface area contributed by atoms with Crippen molar-refractivity contribution < 1.29 is 9.53 Å². The van der Waals surface area contributed by atoms with Gasteiger partial charge in [-0.2, -0.15) is 5.10 Å². The molecule has 0 aromatic carbocycles. The Morgan fingerprint density at radius 1 is 1.55 bits per heavy atom. The van der Waals surface area contributed by atoms with Gasteiger partial charge >= 0.3 is 6.09 Å². The zero-order valence-corrected chi connectivity index (χ0v) is 13.0. The van der Waals surface area contributed by atoms with E-state index >= 15 is 0 Å². The maximum Gasteiger partial charge on any atom is 0.407 e.